The number of hydrogen-bond donors (Lipinski definition) is 3. The first kappa shape index (κ1) is 16.4. The van der Waals surface area contributed by atoms with Gasteiger partial charge in [-0.2, -0.15) is 0 Å². The molecule has 0 amide bonds. The second-order valence-corrected chi connectivity index (χ2v) is 7.93. The Labute approximate surface area is 151 Å². The van der Waals surface area contributed by atoms with Gasteiger partial charge in [0.1, 0.15) is 0 Å². The van der Waals surface area contributed by atoms with Crippen LogP contribution in [0.25, 0.3) is 21.8 Å². The molecular formula is C19H18N4O2S. The summed E-state index contributed by atoms with van der Waals surface area (Å²) in [6.45, 7) is 0.628. The summed E-state index contributed by atoms with van der Waals surface area (Å²) in [7, 11) is -3.26. The van der Waals surface area contributed by atoms with E-state index >= 15 is 0 Å². The van der Waals surface area contributed by atoms with E-state index in [9.17, 15) is 8.42 Å². The predicted molar refractivity (Wildman–Crippen MR) is 106 cm³/mol. The fourth-order valence-corrected chi connectivity index (χ4v) is 3.61. The molecule has 2 heterocycles. The number of rotatable bonds is 5. The smallest absolute Gasteiger partial charge is 0.229 e. The van der Waals surface area contributed by atoms with Crippen LogP contribution in [0.3, 0.4) is 0 Å². The van der Waals surface area contributed by atoms with Crippen molar-refractivity contribution in [3.63, 3.8) is 0 Å². The van der Waals surface area contributed by atoms with Gasteiger partial charge < -0.3 is 10.3 Å². The van der Waals surface area contributed by atoms with Crippen LogP contribution < -0.4 is 10.0 Å². The van der Waals surface area contributed by atoms with E-state index in [0.717, 1.165) is 39.3 Å². The van der Waals surface area contributed by atoms with Crippen LogP contribution in [0.4, 0.5) is 11.4 Å². The van der Waals surface area contributed by atoms with Gasteiger partial charge >= 0.3 is 0 Å². The van der Waals surface area contributed by atoms with E-state index in [1.165, 1.54) is 0 Å². The molecule has 4 rings (SSSR count). The van der Waals surface area contributed by atoms with Crippen LogP contribution >= 0.6 is 0 Å². The van der Waals surface area contributed by atoms with Gasteiger partial charge in [0.05, 0.1) is 11.8 Å². The molecule has 0 saturated carbocycles. The predicted octanol–water partition coefficient (Wildman–Crippen LogP) is 3.70. The zero-order valence-corrected chi connectivity index (χ0v) is 15.0. The molecule has 7 heteroatoms. The Morgan fingerprint density at radius 3 is 2.58 bits per heavy atom. The summed E-state index contributed by atoms with van der Waals surface area (Å²) in [5, 5.41) is 5.65. The average Bonchev–Trinajstić information content (AvgIpc) is 3.03. The van der Waals surface area contributed by atoms with Crippen molar-refractivity contribution < 1.29 is 8.42 Å². The van der Waals surface area contributed by atoms with Gasteiger partial charge in [0.2, 0.25) is 10.0 Å². The summed E-state index contributed by atoms with van der Waals surface area (Å²) in [5.74, 6) is 0. The normalized spacial score (nSPS) is 11.7. The maximum Gasteiger partial charge on any atom is 0.229 e. The minimum Gasteiger partial charge on any atom is -0.381 e. The van der Waals surface area contributed by atoms with E-state index < -0.39 is 10.0 Å². The Morgan fingerprint density at radius 1 is 1.04 bits per heavy atom. The first-order valence-electron chi connectivity index (χ1n) is 8.15. The van der Waals surface area contributed by atoms with Crippen LogP contribution in [0.2, 0.25) is 0 Å². The molecule has 0 saturated heterocycles. The van der Waals surface area contributed by atoms with Crippen molar-refractivity contribution in [1.29, 1.82) is 0 Å². The number of aromatic amines is 1. The minimum absolute atomic E-state index is 0.542. The Bertz CT molecular complexity index is 1180. The second-order valence-electron chi connectivity index (χ2n) is 6.18. The van der Waals surface area contributed by atoms with Crippen LogP contribution in [0.1, 0.15) is 5.56 Å². The molecule has 0 aliphatic carbocycles. The number of nitrogens with zero attached hydrogens (tertiary/aromatic N) is 1. The summed E-state index contributed by atoms with van der Waals surface area (Å²) in [5.41, 5.74) is 4.61. The van der Waals surface area contributed by atoms with Crippen LogP contribution in [-0.2, 0) is 16.6 Å². The third-order valence-electron chi connectivity index (χ3n) is 4.17. The Balaban J connectivity index is 1.57. The highest BCUT2D eigenvalue weighted by Crippen LogP contribution is 2.27. The van der Waals surface area contributed by atoms with Crippen molar-refractivity contribution >= 4 is 43.2 Å². The lowest BCUT2D eigenvalue weighted by Gasteiger charge is -2.09. The lowest BCUT2D eigenvalue weighted by Crippen LogP contribution is -2.09. The standard InChI is InChI=1S/C19H18N4O2S/c1-26(24,25)23-15-6-4-14(5-7-15)21-11-13-12-22-18-9-8-17-16(19(13)18)3-2-10-20-17/h2-10,12,20-21,23H,11H2,1H3. The Morgan fingerprint density at radius 2 is 1.81 bits per heavy atom. The molecule has 26 heavy (non-hydrogen) atoms. The molecule has 6 nitrogen and oxygen atoms in total. The van der Waals surface area contributed by atoms with Gasteiger partial charge in [0.15, 0.2) is 0 Å². The Kier molecular flexibility index (Phi) is 4.00. The lowest BCUT2D eigenvalue weighted by molar-refractivity contribution is 0.607. The summed E-state index contributed by atoms with van der Waals surface area (Å²) < 4.78 is 25.0. The fourth-order valence-electron chi connectivity index (χ4n) is 3.05. The molecule has 0 fully saturated rings. The van der Waals surface area contributed by atoms with Crippen molar-refractivity contribution in [3.05, 3.63) is 66.5 Å². The van der Waals surface area contributed by atoms with Gasteiger partial charge in [-0.3, -0.25) is 9.71 Å². The van der Waals surface area contributed by atoms with Crippen LogP contribution in [-0.4, -0.2) is 24.6 Å². The second kappa shape index (κ2) is 6.34. The highest BCUT2D eigenvalue weighted by atomic mass is 32.2. The van der Waals surface area contributed by atoms with E-state index in [4.69, 9.17) is 0 Å². The lowest BCUT2D eigenvalue weighted by atomic mass is 10.1. The number of aromatic nitrogens is 2. The van der Waals surface area contributed by atoms with E-state index in [2.05, 4.69) is 26.1 Å². The molecular weight excluding hydrogens is 348 g/mol. The third-order valence-corrected chi connectivity index (χ3v) is 4.78. The molecule has 0 aliphatic heterocycles. The minimum atomic E-state index is -3.26. The molecule has 3 N–H and O–H groups in total. The number of fused-ring (bicyclic) bond motifs is 3. The van der Waals surface area contributed by atoms with Gasteiger partial charge in [-0.1, -0.05) is 6.07 Å². The maximum absolute atomic E-state index is 11.3. The maximum atomic E-state index is 11.3. The van der Waals surface area contributed by atoms with Crippen molar-refractivity contribution in [2.75, 3.05) is 16.3 Å². The molecule has 0 atom stereocenters. The molecule has 4 aromatic rings. The van der Waals surface area contributed by atoms with Crippen molar-refractivity contribution in [3.8, 4) is 0 Å². The molecule has 132 valence electrons. The number of anilines is 2. The molecule has 2 aromatic carbocycles. The van der Waals surface area contributed by atoms with E-state index in [-0.39, 0.29) is 0 Å². The zero-order chi connectivity index (χ0) is 18.1. The van der Waals surface area contributed by atoms with Gasteiger partial charge in [0, 0.05) is 46.6 Å². The van der Waals surface area contributed by atoms with Crippen molar-refractivity contribution in [2.24, 2.45) is 0 Å². The van der Waals surface area contributed by atoms with Gasteiger partial charge in [-0.05, 0) is 48.0 Å². The van der Waals surface area contributed by atoms with Gasteiger partial charge in [-0.25, -0.2) is 8.42 Å². The van der Waals surface area contributed by atoms with E-state index in [1.54, 1.807) is 12.1 Å². The van der Waals surface area contributed by atoms with Gasteiger partial charge in [0.25, 0.3) is 0 Å². The van der Waals surface area contributed by atoms with Crippen LogP contribution in [0, 0.1) is 0 Å². The summed E-state index contributed by atoms with van der Waals surface area (Å²) in [6, 6.07) is 15.3. The zero-order valence-electron chi connectivity index (χ0n) is 14.2. The number of pyridine rings is 1. The topological polar surface area (TPSA) is 86.9 Å². The molecule has 0 radical (unpaired) electrons. The number of nitrogens with one attached hydrogen (secondary N) is 3. The third kappa shape index (κ3) is 3.34. The monoisotopic (exact) mass is 366 g/mol. The first-order valence-corrected chi connectivity index (χ1v) is 10.0. The van der Waals surface area contributed by atoms with Gasteiger partial charge in [-0.15, -0.1) is 0 Å². The molecule has 0 aliphatic rings. The fraction of sp³-hybridized carbons (Fsp3) is 0.105. The van der Waals surface area contributed by atoms with Crippen LogP contribution in [0.5, 0.6) is 0 Å². The largest absolute Gasteiger partial charge is 0.381 e. The van der Waals surface area contributed by atoms with E-state index in [0.29, 0.717) is 12.2 Å². The molecule has 0 spiro atoms. The molecule has 2 aromatic heterocycles. The summed E-state index contributed by atoms with van der Waals surface area (Å²) >= 11 is 0. The van der Waals surface area contributed by atoms with Crippen molar-refractivity contribution in [2.45, 2.75) is 6.54 Å². The summed E-state index contributed by atoms with van der Waals surface area (Å²) in [6.07, 6.45) is 4.94. The number of H-pyrrole nitrogens is 1. The Hall–Kier alpha value is -3.06. The quantitative estimate of drug-likeness (QED) is 0.503. The average molecular weight is 366 g/mol. The van der Waals surface area contributed by atoms with E-state index in [1.807, 2.05) is 42.7 Å². The van der Waals surface area contributed by atoms with Crippen molar-refractivity contribution in [1.82, 2.24) is 9.97 Å². The number of hydrogen-bond acceptors (Lipinski definition) is 4. The molecule has 0 unspecified atom stereocenters. The number of sulfonamides is 1. The SMILES string of the molecule is CS(=O)(=O)Nc1ccc(NCc2cnc3ccc4[nH]cccc4c23)cc1. The highest BCUT2D eigenvalue weighted by Gasteiger charge is 2.09. The molecule has 0 bridgehead atoms. The highest BCUT2D eigenvalue weighted by molar-refractivity contribution is 7.92. The van der Waals surface area contributed by atoms with Crippen LogP contribution in [0.15, 0.2) is 60.9 Å². The summed E-state index contributed by atoms with van der Waals surface area (Å²) in [4.78, 5) is 7.76. The first-order chi connectivity index (χ1) is 12.5. The number of benzene rings is 2.